The third-order valence-electron chi connectivity index (χ3n) is 5.17. The van der Waals surface area contributed by atoms with E-state index >= 15 is 0 Å². The summed E-state index contributed by atoms with van der Waals surface area (Å²) in [6, 6.07) is 14.7. The van der Waals surface area contributed by atoms with Crippen molar-refractivity contribution in [2.75, 3.05) is 37.8 Å². The van der Waals surface area contributed by atoms with E-state index in [9.17, 15) is 14.7 Å². The standard InChI is InChI=1S/C27H37NO6S/c1-4-18-35-19-6-15-28(27(31)34-24-11-7-21(3)8-12-24)16-17-33-23-13-9-22(10-14-23)20-25(26(29)30)32-5-2/h7-14,25H,4-6,15-20H2,1-3H3,(H,29,30). The summed E-state index contributed by atoms with van der Waals surface area (Å²) in [6.45, 7) is 7.58. The Labute approximate surface area is 212 Å². The normalized spacial score (nSPS) is 11.6. The number of carbonyl (C=O) groups excluding carboxylic acids is 1. The van der Waals surface area contributed by atoms with Crippen LogP contribution in [-0.2, 0) is 16.0 Å². The molecule has 0 bridgehead atoms. The molecule has 192 valence electrons. The van der Waals surface area contributed by atoms with E-state index in [1.54, 1.807) is 36.1 Å². The van der Waals surface area contributed by atoms with Crippen LogP contribution in [-0.4, -0.2) is 66.0 Å². The number of aliphatic carboxylic acids is 1. The van der Waals surface area contributed by atoms with Gasteiger partial charge in [0.1, 0.15) is 18.1 Å². The van der Waals surface area contributed by atoms with E-state index in [0.29, 0.717) is 37.8 Å². The lowest BCUT2D eigenvalue weighted by Crippen LogP contribution is -2.37. The van der Waals surface area contributed by atoms with Crippen LogP contribution in [0.25, 0.3) is 0 Å². The lowest BCUT2D eigenvalue weighted by atomic mass is 10.1. The number of hydrogen-bond acceptors (Lipinski definition) is 6. The van der Waals surface area contributed by atoms with Gasteiger partial charge >= 0.3 is 12.1 Å². The van der Waals surface area contributed by atoms with Gasteiger partial charge in [-0.05, 0) is 68.0 Å². The van der Waals surface area contributed by atoms with E-state index in [1.165, 1.54) is 0 Å². The van der Waals surface area contributed by atoms with Gasteiger partial charge < -0.3 is 24.2 Å². The summed E-state index contributed by atoms with van der Waals surface area (Å²) in [4.78, 5) is 25.8. The van der Waals surface area contributed by atoms with Gasteiger partial charge in [-0.15, -0.1) is 0 Å². The number of benzene rings is 2. The number of nitrogens with zero attached hydrogens (tertiary/aromatic N) is 1. The smallest absolute Gasteiger partial charge is 0.415 e. The third-order valence-corrected chi connectivity index (χ3v) is 6.44. The topological polar surface area (TPSA) is 85.3 Å². The molecule has 0 aliphatic carbocycles. The zero-order valence-corrected chi connectivity index (χ0v) is 21.7. The fraction of sp³-hybridized carbons (Fsp3) is 0.481. The van der Waals surface area contributed by atoms with Crippen molar-refractivity contribution in [2.45, 2.75) is 46.1 Å². The molecule has 1 unspecified atom stereocenters. The van der Waals surface area contributed by atoms with Gasteiger partial charge in [0.15, 0.2) is 6.10 Å². The first-order chi connectivity index (χ1) is 16.9. The highest BCUT2D eigenvalue weighted by molar-refractivity contribution is 7.99. The molecule has 0 aliphatic heterocycles. The van der Waals surface area contributed by atoms with Crippen LogP contribution >= 0.6 is 11.8 Å². The molecule has 0 saturated carbocycles. The SMILES string of the molecule is CCCSCCCN(CCOc1ccc(CC(OCC)C(=O)O)cc1)C(=O)Oc1ccc(C)cc1. The molecule has 1 N–H and O–H groups in total. The van der Waals surface area contributed by atoms with Crippen LogP contribution in [0, 0.1) is 6.92 Å². The van der Waals surface area contributed by atoms with Gasteiger partial charge in [-0.3, -0.25) is 0 Å². The fourth-order valence-electron chi connectivity index (χ4n) is 3.30. The number of thioether (sulfide) groups is 1. The van der Waals surface area contributed by atoms with E-state index in [0.717, 1.165) is 35.5 Å². The highest BCUT2D eigenvalue weighted by atomic mass is 32.2. The molecule has 2 aromatic rings. The minimum absolute atomic E-state index is 0.290. The Balaban J connectivity index is 1.89. The summed E-state index contributed by atoms with van der Waals surface area (Å²) in [5, 5.41) is 9.25. The zero-order chi connectivity index (χ0) is 25.5. The van der Waals surface area contributed by atoms with E-state index in [2.05, 4.69) is 6.92 Å². The monoisotopic (exact) mass is 503 g/mol. The van der Waals surface area contributed by atoms with Crippen LogP contribution in [0.4, 0.5) is 4.79 Å². The second-order valence-corrected chi connectivity index (χ2v) is 9.34. The van der Waals surface area contributed by atoms with Crippen molar-refractivity contribution in [1.29, 1.82) is 0 Å². The fourth-order valence-corrected chi connectivity index (χ4v) is 4.12. The van der Waals surface area contributed by atoms with Crippen LogP contribution in [0.2, 0.25) is 0 Å². The highest BCUT2D eigenvalue weighted by Gasteiger charge is 2.18. The predicted octanol–water partition coefficient (Wildman–Crippen LogP) is 5.44. The van der Waals surface area contributed by atoms with Crippen molar-refractivity contribution in [3.63, 3.8) is 0 Å². The van der Waals surface area contributed by atoms with Gasteiger partial charge in [-0.25, -0.2) is 9.59 Å². The Morgan fingerprint density at radius 1 is 0.971 bits per heavy atom. The van der Waals surface area contributed by atoms with E-state index < -0.39 is 12.1 Å². The molecule has 0 heterocycles. The molecule has 8 heteroatoms. The number of carboxylic acid groups (broad SMARTS) is 1. The van der Waals surface area contributed by atoms with Gasteiger partial charge in [-0.2, -0.15) is 11.8 Å². The van der Waals surface area contributed by atoms with E-state index in [-0.39, 0.29) is 12.5 Å². The average Bonchev–Trinajstić information content (AvgIpc) is 2.84. The second-order valence-electron chi connectivity index (χ2n) is 8.11. The molecule has 0 saturated heterocycles. The van der Waals surface area contributed by atoms with Crippen LogP contribution in [0.15, 0.2) is 48.5 Å². The first-order valence-corrected chi connectivity index (χ1v) is 13.3. The number of hydrogen-bond donors (Lipinski definition) is 1. The first-order valence-electron chi connectivity index (χ1n) is 12.1. The van der Waals surface area contributed by atoms with Crippen molar-refractivity contribution < 1.29 is 28.9 Å². The Morgan fingerprint density at radius 3 is 2.29 bits per heavy atom. The highest BCUT2D eigenvalue weighted by Crippen LogP contribution is 2.16. The third kappa shape index (κ3) is 11.0. The molecule has 2 rings (SSSR count). The quantitative estimate of drug-likeness (QED) is 0.305. The number of ether oxygens (including phenoxy) is 3. The molecule has 0 radical (unpaired) electrons. The molecular formula is C27H37NO6S. The molecule has 0 aromatic heterocycles. The van der Waals surface area contributed by atoms with E-state index in [4.69, 9.17) is 14.2 Å². The number of carbonyl (C=O) groups is 2. The minimum Gasteiger partial charge on any atom is -0.492 e. The van der Waals surface area contributed by atoms with Crippen LogP contribution < -0.4 is 9.47 Å². The van der Waals surface area contributed by atoms with Gasteiger partial charge in [0.05, 0.1) is 6.54 Å². The molecule has 0 aliphatic rings. The minimum atomic E-state index is -0.974. The second kappa shape index (κ2) is 16.1. The van der Waals surface area contributed by atoms with Gasteiger partial charge in [0.25, 0.3) is 0 Å². The Morgan fingerprint density at radius 2 is 1.66 bits per heavy atom. The lowest BCUT2D eigenvalue weighted by Gasteiger charge is -2.22. The summed E-state index contributed by atoms with van der Waals surface area (Å²) in [6.07, 6.45) is 1.06. The Kier molecular flexibility index (Phi) is 13.1. The molecule has 1 amide bonds. The van der Waals surface area contributed by atoms with Gasteiger partial charge in [0, 0.05) is 19.6 Å². The Bertz CT molecular complexity index is 888. The van der Waals surface area contributed by atoms with Crippen molar-refractivity contribution in [2.24, 2.45) is 0 Å². The van der Waals surface area contributed by atoms with Crippen molar-refractivity contribution in [3.05, 3.63) is 59.7 Å². The predicted molar refractivity (Wildman–Crippen MR) is 140 cm³/mol. The molecule has 7 nitrogen and oxygen atoms in total. The van der Waals surface area contributed by atoms with E-state index in [1.807, 2.05) is 43.0 Å². The zero-order valence-electron chi connectivity index (χ0n) is 20.9. The average molecular weight is 504 g/mol. The summed E-state index contributed by atoms with van der Waals surface area (Å²) in [5.74, 6) is 2.31. The molecule has 0 fully saturated rings. The summed E-state index contributed by atoms with van der Waals surface area (Å²) >= 11 is 1.89. The number of carboxylic acids is 1. The van der Waals surface area contributed by atoms with Crippen LogP contribution in [0.3, 0.4) is 0 Å². The lowest BCUT2D eigenvalue weighted by molar-refractivity contribution is -0.149. The van der Waals surface area contributed by atoms with Crippen molar-refractivity contribution >= 4 is 23.8 Å². The maximum atomic E-state index is 12.8. The van der Waals surface area contributed by atoms with Gasteiger partial charge in [-0.1, -0.05) is 36.8 Å². The first kappa shape index (κ1) is 28.5. The summed E-state index contributed by atoms with van der Waals surface area (Å²) < 4.78 is 16.7. The summed E-state index contributed by atoms with van der Waals surface area (Å²) in [5.41, 5.74) is 1.96. The molecule has 35 heavy (non-hydrogen) atoms. The largest absolute Gasteiger partial charge is 0.492 e. The summed E-state index contributed by atoms with van der Waals surface area (Å²) in [7, 11) is 0. The Hall–Kier alpha value is -2.71. The molecule has 1 atom stereocenters. The maximum absolute atomic E-state index is 12.8. The molecule has 0 spiro atoms. The number of amides is 1. The molecule has 2 aromatic carbocycles. The van der Waals surface area contributed by atoms with Gasteiger partial charge in [0.2, 0.25) is 0 Å². The number of rotatable bonds is 16. The maximum Gasteiger partial charge on any atom is 0.415 e. The van der Waals surface area contributed by atoms with Crippen molar-refractivity contribution in [3.8, 4) is 11.5 Å². The van der Waals surface area contributed by atoms with Crippen molar-refractivity contribution in [1.82, 2.24) is 4.90 Å². The van der Waals surface area contributed by atoms with Crippen LogP contribution in [0.5, 0.6) is 11.5 Å². The number of aryl methyl sites for hydroxylation is 1. The molecular weight excluding hydrogens is 466 g/mol. The van der Waals surface area contributed by atoms with Crippen LogP contribution in [0.1, 0.15) is 37.8 Å².